The lowest BCUT2D eigenvalue weighted by Gasteiger charge is -2.20. The van der Waals surface area contributed by atoms with E-state index in [1.165, 1.54) is 0 Å². The highest BCUT2D eigenvalue weighted by Crippen LogP contribution is 2.16. The van der Waals surface area contributed by atoms with Gasteiger partial charge in [-0.2, -0.15) is 0 Å². The van der Waals surface area contributed by atoms with Gasteiger partial charge in [-0.05, 0) is 12.5 Å². The van der Waals surface area contributed by atoms with Gasteiger partial charge in [0.15, 0.2) is 0 Å². The second kappa shape index (κ2) is 5.58. The Kier molecular flexibility index (Phi) is 6.97. The second-order valence-corrected chi connectivity index (χ2v) is 3.08. The van der Waals surface area contributed by atoms with Crippen molar-refractivity contribution in [1.29, 1.82) is 0 Å². The van der Waals surface area contributed by atoms with Crippen molar-refractivity contribution >= 4 is 12.4 Å². The molecule has 2 heteroatoms. The van der Waals surface area contributed by atoms with E-state index in [2.05, 4.69) is 25.1 Å². The van der Waals surface area contributed by atoms with Crippen molar-refractivity contribution in [2.24, 2.45) is 5.41 Å². The van der Waals surface area contributed by atoms with Crippen LogP contribution in [0.15, 0.2) is 0 Å². The molecule has 0 spiro atoms. The fourth-order valence-corrected chi connectivity index (χ4v) is 0.817. The number of terminal acetylenes is 1. The van der Waals surface area contributed by atoms with Crippen molar-refractivity contribution in [2.45, 2.75) is 20.3 Å². The molecule has 10 heavy (non-hydrogen) atoms. The molecule has 0 heterocycles. The maximum Gasteiger partial charge on any atom is 0.0149 e. The molecule has 1 N–H and O–H groups in total. The number of nitrogens with one attached hydrogen (secondary N) is 1. The zero-order valence-electron chi connectivity index (χ0n) is 6.90. The molecule has 0 aromatic carbocycles. The Morgan fingerprint density at radius 1 is 1.50 bits per heavy atom. The standard InChI is InChI=1S/C8H15N.ClH/c1-5-6-8(2,3)7-9-4;/h1,9H,6-7H2,2-4H3;1H. The van der Waals surface area contributed by atoms with Crippen LogP contribution in [0.2, 0.25) is 0 Å². The lowest BCUT2D eigenvalue weighted by Crippen LogP contribution is -2.25. The molecule has 0 fully saturated rings. The van der Waals surface area contributed by atoms with Crippen molar-refractivity contribution in [3.63, 3.8) is 0 Å². The van der Waals surface area contributed by atoms with E-state index in [0.29, 0.717) is 0 Å². The van der Waals surface area contributed by atoms with E-state index in [4.69, 9.17) is 6.42 Å². The summed E-state index contributed by atoms with van der Waals surface area (Å²) in [5.41, 5.74) is 0.253. The Hall–Kier alpha value is -0.190. The maximum atomic E-state index is 5.17. The van der Waals surface area contributed by atoms with Gasteiger partial charge < -0.3 is 5.32 Å². The second-order valence-electron chi connectivity index (χ2n) is 3.08. The summed E-state index contributed by atoms with van der Waals surface area (Å²) in [7, 11) is 1.94. The lowest BCUT2D eigenvalue weighted by molar-refractivity contribution is 0.363. The Balaban J connectivity index is 0. The number of hydrogen-bond acceptors (Lipinski definition) is 1. The third-order valence-electron chi connectivity index (χ3n) is 1.24. The molecule has 0 aliphatic heterocycles. The van der Waals surface area contributed by atoms with Crippen LogP contribution in [0.4, 0.5) is 0 Å². The molecular weight excluding hydrogens is 146 g/mol. The van der Waals surface area contributed by atoms with E-state index in [1.807, 2.05) is 7.05 Å². The highest BCUT2D eigenvalue weighted by Gasteiger charge is 2.13. The molecule has 0 rings (SSSR count). The highest BCUT2D eigenvalue weighted by molar-refractivity contribution is 5.85. The predicted octanol–water partition coefficient (Wildman–Crippen LogP) is 1.68. The van der Waals surface area contributed by atoms with E-state index >= 15 is 0 Å². The van der Waals surface area contributed by atoms with E-state index in [0.717, 1.165) is 13.0 Å². The Morgan fingerprint density at radius 2 is 2.00 bits per heavy atom. The number of rotatable bonds is 3. The first-order valence-electron chi connectivity index (χ1n) is 3.20. The van der Waals surface area contributed by atoms with Gasteiger partial charge >= 0.3 is 0 Å². The zero-order valence-corrected chi connectivity index (χ0v) is 7.72. The van der Waals surface area contributed by atoms with Crippen LogP contribution in [0, 0.1) is 17.8 Å². The van der Waals surface area contributed by atoms with Gasteiger partial charge in [0.25, 0.3) is 0 Å². The summed E-state index contributed by atoms with van der Waals surface area (Å²) >= 11 is 0. The number of halogens is 1. The minimum atomic E-state index is 0. The quantitative estimate of drug-likeness (QED) is 0.622. The first-order chi connectivity index (χ1) is 4.12. The summed E-state index contributed by atoms with van der Waals surface area (Å²) in [6.07, 6.45) is 6.01. The summed E-state index contributed by atoms with van der Waals surface area (Å²) < 4.78 is 0. The predicted molar refractivity (Wildman–Crippen MR) is 48.4 cm³/mol. The summed E-state index contributed by atoms with van der Waals surface area (Å²) in [4.78, 5) is 0. The molecule has 0 saturated heterocycles. The first kappa shape index (κ1) is 12.5. The van der Waals surface area contributed by atoms with Crippen molar-refractivity contribution in [3.05, 3.63) is 0 Å². The van der Waals surface area contributed by atoms with Gasteiger partial charge in [0, 0.05) is 13.0 Å². The van der Waals surface area contributed by atoms with Gasteiger partial charge in [0.1, 0.15) is 0 Å². The molecule has 0 saturated carbocycles. The lowest BCUT2D eigenvalue weighted by atomic mass is 9.90. The fraction of sp³-hybridized carbons (Fsp3) is 0.750. The molecule has 0 amide bonds. The van der Waals surface area contributed by atoms with Gasteiger partial charge in [-0.3, -0.25) is 0 Å². The van der Waals surface area contributed by atoms with Gasteiger partial charge in [-0.15, -0.1) is 24.8 Å². The monoisotopic (exact) mass is 161 g/mol. The normalized spacial score (nSPS) is 9.80. The van der Waals surface area contributed by atoms with Crippen molar-refractivity contribution < 1.29 is 0 Å². The molecule has 0 radical (unpaired) electrons. The Labute approximate surface area is 70.0 Å². The third kappa shape index (κ3) is 5.94. The van der Waals surface area contributed by atoms with E-state index in [1.54, 1.807) is 0 Å². The SMILES string of the molecule is C#CCC(C)(C)CNC.Cl. The molecule has 0 aromatic rings. The molecule has 0 bridgehead atoms. The van der Waals surface area contributed by atoms with Crippen molar-refractivity contribution in [2.75, 3.05) is 13.6 Å². The van der Waals surface area contributed by atoms with Crippen LogP contribution >= 0.6 is 12.4 Å². The summed E-state index contributed by atoms with van der Waals surface area (Å²) in [5.74, 6) is 2.65. The molecular formula is C8H16ClN. The molecule has 0 unspecified atom stereocenters. The van der Waals surface area contributed by atoms with Crippen molar-refractivity contribution in [1.82, 2.24) is 5.32 Å². The van der Waals surface area contributed by atoms with Crippen LogP contribution in [-0.4, -0.2) is 13.6 Å². The average Bonchev–Trinajstić information content (AvgIpc) is 1.64. The summed E-state index contributed by atoms with van der Waals surface area (Å²) in [6.45, 7) is 5.30. The van der Waals surface area contributed by atoms with Gasteiger partial charge in [0.2, 0.25) is 0 Å². The van der Waals surface area contributed by atoms with Crippen LogP contribution in [0.5, 0.6) is 0 Å². The number of hydrogen-bond donors (Lipinski definition) is 1. The maximum absolute atomic E-state index is 5.17. The van der Waals surface area contributed by atoms with Crippen LogP contribution < -0.4 is 5.32 Å². The molecule has 0 aliphatic rings. The van der Waals surface area contributed by atoms with Crippen molar-refractivity contribution in [3.8, 4) is 12.3 Å². The average molecular weight is 162 g/mol. The Morgan fingerprint density at radius 3 is 2.30 bits per heavy atom. The summed E-state index contributed by atoms with van der Waals surface area (Å²) in [6, 6.07) is 0. The van der Waals surface area contributed by atoms with E-state index in [9.17, 15) is 0 Å². The molecule has 0 aliphatic carbocycles. The van der Waals surface area contributed by atoms with Crippen LogP contribution in [0.3, 0.4) is 0 Å². The van der Waals surface area contributed by atoms with E-state index in [-0.39, 0.29) is 17.8 Å². The van der Waals surface area contributed by atoms with Gasteiger partial charge in [0.05, 0.1) is 0 Å². The van der Waals surface area contributed by atoms with Gasteiger partial charge in [-0.1, -0.05) is 13.8 Å². The molecule has 0 atom stereocenters. The minimum absolute atomic E-state index is 0. The topological polar surface area (TPSA) is 12.0 Å². The molecule has 60 valence electrons. The smallest absolute Gasteiger partial charge is 0.0149 e. The first-order valence-corrected chi connectivity index (χ1v) is 3.20. The largest absolute Gasteiger partial charge is 0.319 e. The minimum Gasteiger partial charge on any atom is -0.319 e. The van der Waals surface area contributed by atoms with Crippen LogP contribution in [-0.2, 0) is 0 Å². The van der Waals surface area contributed by atoms with E-state index < -0.39 is 0 Å². The van der Waals surface area contributed by atoms with Crippen LogP contribution in [0.25, 0.3) is 0 Å². The third-order valence-corrected chi connectivity index (χ3v) is 1.24. The summed E-state index contributed by atoms with van der Waals surface area (Å²) in [5, 5.41) is 3.10. The Bertz CT molecular complexity index is 113. The van der Waals surface area contributed by atoms with Crippen LogP contribution in [0.1, 0.15) is 20.3 Å². The highest BCUT2D eigenvalue weighted by atomic mass is 35.5. The fourth-order valence-electron chi connectivity index (χ4n) is 0.817. The molecule has 1 nitrogen and oxygen atoms in total. The molecule has 0 aromatic heterocycles. The zero-order chi connectivity index (χ0) is 7.33. The van der Waals surface area contributed by atoms with Gasteiger partial charge in [-0.25, -0.2) is 0 Å².